The van der Waals surface area contributed by atoms with E-state index >= 15 is 0 Å². The number of likely N-dealkylation sites (N-methyl/N-ethyl adjacent to an activating group) is 1. The number of hydrogen-bond donors (Lipinski definition) is 3. The van der Waals surface area contributed by atoms with E-state index in [1.807, 2.05) is 31.2 Å². The number of aryl methyl sites for hydroxylation is 1. The van der Waals surface area contributed by atoms with Gasteiger partial charge in [0, 0.05) is 22.3 Å². The molecule has 144 valence electrons. The standard InChI is InChI=1S/C20H23Cl2N3O2/c1-3-14-6-4-5-7-18(14)24-20(27)13-25(2)12-19(26)23-11-15-8-9-16(21)10-17(15)22/h4-10H,3,11-13H2,1-2H3,(H,23,26)(H,24,27)/p+1. The summed E-state index contributed by atoms with van der Waals surface area (Å²) in [4.78, 5) is 25.1. The first-order valence-corrected chi connectivity index (χ1v) is 9.54. The number of hydrogen-bond acceptors (Lipinski definition) is 2. The van der Waals surface area contributed by atoms with E-state index in [4.69, 9.17) is 23.2 Å². The molecule has 0 fully saturated rings. The molecule has 2 rings (SSSR count). The molecule has 5 nitrogen and oxygen atoms in total. The number of para-hydroxylation sites is 1. The average Bonchev–Trinajstić information content (AvgIpc) is 2.61. The second kappa shape index (κ2) is 10.3. The maximum atomic E-state index is 12.2. The molecule has 0 aromatic heterocycles. The number of rotatable bonds is 8. The predicted molar refractivity (Wildman–Crippen MR) is 109 cm³/mol. The second-order valence-corrected chi connectivity index (χ2v) is 7.23. The van der Waals surface area contributed by atoms with Crippen molar-refractivity contribution in [1.29, 1.82) is 0 Å². The number of quaternary nitrogens is 1. The largest absolute Gasteiger partial charge is 0.347 e. The Balaban J connectivity index is 1.79. The summed E-state index contributed by atoms with van der Waals surface area (Å²) in [6, 6.07) is 12.9. The molecule has 7 heteroatoms. The summed E-state index contributed by atoms with van der Waals surface area (Å²) in [7, 11) is 1.81. The number of carbonyl (C=O) groups is 2. The van der Waals surface area contributed by atoms with E-state index < -0.39 is 0 Å². The van der Waals surface area contributed by atoms with Crippen LogP contribution in [0, 0.1) is 0 Å². The zero-order valence-electron chi connectivity index (χ0n) is 15.4. The van der Waals surface area contributed by atoms with E-state index in [-0.39, 0.29) is 24.9 Å². The highest BCUT2D eigenvalue weighted by molar-refractivity contribution is 6.35. The second-order valence-electron chi connectivity index (χ2n) is 6.38. The Morgan fingerprint density at radius 3 is 2.41 bits per heavy atom. The number of benzene rings is 2. The maximum Gasteiger partial charge on any atom is 0.279 e. The molecule has 0 aliphatic carbocycles. The topological polar surface area (TPSA) is 62.6 Å². The lowest BCUT2D eigenvalue weighted by molar-refractivity contribution is -0.862. The zero-order valence-corrected chi connectivity index (χ0v) is 17.0. The normalized spacial score (nSPS) is 11.7. The molecule has 27 heavy (non-hydrogen) atoms. The van der Waals surface area contributed by atoms with Gasteiger partial charge in [0.25, 0.3) is 11.8 Å². The number of carbonyl (C=O) groups excluding carboxylic acids is 2. The Labute approximate surface area is 169 Å². The van der Waals surface area contributed by atoms with Crippen LogP contribution in [-0.4, -0.2) is 32.0 Å². The van der Waals surface area contributed by atoms with Crippen molar-refractivity contribution < 1.29 is 14.5 Å². The zero-order chi connectivity index (χ0) is 19.8. The summed E-state index contributed by atoms with van der Waals surface area (Å²) >= 11 is 12.0. The first-order valence-electron chi connectivity index (χ1n) is 8.78. The molecule has 0 spiro atoms. The molecule has 2 amide bonds. The molecule has 0 saturated carbocycles. The molecule has 2 aromatic carbocycles. The number of anilines is 1. The SMILES string of the molecule is CCc1ccccc1NC(=O)C[NH+](C)CC(=O)NCc1ccc(Cl)cc1Cl. The molecule has 1 unspecified atom stereocenters. The van der Waals surface area contributed by atoms with Crippen molar-refractivity contribution in [2.75, 3.05) is 25.5 Å². The smallest absolute Gasteiger partial charge is 0.279 e. The summed E-state index contributed by atoms with van der Waals surface area (Å²) in [6.45, 7) is 2.75. The van der Waals surface area contributed by atoms with Gasteiger partial charge in [-0.2, -0.15) is 0 Å². The Hall–Kier alpha value is -2.08. The van der Waals surface area contributed by atoms with Crippen LogP contribution in [0.1, 0.15) is 18.1 Å². The molecular weight excluding hydrogens is 385 g/mol. The molecule has 0 bridgehead atoms. The van der Waals surface area contributed by atoms with Gasteiger partial charge in [-0.25, -0.2) is 0 Å². The predicted octanol–water partition coefficient (Wildman–Crippen LogP) is 2.33. The van der Waals surface area contributed by atoms with Gasteiger partial charge in [0.05, 0.1) is 7.05 Å². The summed E-state index contributed by atoms with van der Waals surface area (Å²) < 4.78 is 0. The third kappa shape index (κ3) is 6.86. The van der Waals surface area contributed by atoms with Crippen LogP contribution in [0.4, 0.5) is 5.69 Å². The van der Waals surface area contributed by atoms with Gasteiger partial charge in [0.1, 0.15) is 0 Å². The minimum Gasteiger partial charge on any atom is -0.347 e. The maximum absolute atomic E-state index is 12.2. The van der Waals surface area contributed by atoms with Crippen LogP contribution >= 0.6 is 23.2 Å². The monoisotopic (exact) mass is 408 g/mol. The van der Waals surface area contributed by atoms with Gasteiger partial charge in [-0.3, -0.25) is 9.59 Å². The minimum atomic E-state index is -0.153. The fourth-order valence-corrected chi connectivity index (χ4v) is 3.15. The van der Waals surface area contributed by atoms with Crippen molar-refractivity contribution in [3.05, 3.63) is 63.6 Å². The molecule has 2 aromatic rings. The quantitative estimate of drug-likeness (QED) is 0.627. The number of amides is 2. The van der Waals surface area contributed by atoms with Crippen LogP contribution in [0.3, 0.4) is 0 Å². The number of halogens is 2. The van der Waals surface area contributed by atoms with Gasteiger partial charge in [0.15, 0.2) is 13.1 Å². The summed E-state index contributed by atoms with van der Waals surface area (Å²) in [5.74, 6) is -0.276. The Morgan fingerprint density at radius 1 is 1.00 bits per heavy atom. The lowest BCUT2D eigenvalue weighted by atomic mass is 10.1. The van der Waals surface area contributed by atoms with Crippen molar-refractivity contribution in [2.24, 2.45) is 0 Å². The van der Waals surface area contributed by atoms with E-state index in [0.29, 0.717) is 16.6 Å². The summed E-state index contributed by atoms with van der Waals surface area (Å²) in [5.41, 5.74) is 2.70. The van der Waals surface area contributed by atoms with Gasteiger partial charge < -0.3 is 15.5 Å². The number of nitrogens with one attached hydrogen (secondary N) is 3. The van der Waals surface area contributed by atoms with E-state index in [0.717, 1.165) is 28.1 Å². The Morgan fingerprint density at radius 2 is 1.70 bits per heavy atom. The molecular formula is C20H24Cl2N3O2+. The van der Waals surface area contributed by atoms with Crippen LogP contribution in [0.25, 0.3) is 0 Å². The van der Waals surface area contributed by atoms with E-state index in [2.05, 4.69) is 10.6 Å². The molecule has 1 atom stereocenters. The average molecular weight is 409 g/mol. The highest BCUT2D eigenvalue weighted by Gasteiger charge is 2.15. The van der Waals surface area contributed by atoms with E-state index in [9.17, 15) is 9.59 Å². The van der Waals surface area contributed by atoms with Gasteiger partial charge >= 0.3 is 0 Å². The summed E-state index contributed by atoms with van der Waals surface area (Å²) in [6.07, 6.45) is 0.842. The van der Waals surface area contributed by atoms with Crippen molar-refractivity contribution in [3.8, 4) is 0 Å². The van der Waals surface area contributed by atoms with Crippen LogP contribution < -0.4 is 15.5 Å². The molecule has 3 N–H and O–H groups in total. The van der Waals surface area contributed by atoms with Gasteiger partial charge in [0.2, 0.25) is 0 Å². The van der Waals surface area contributed by atoms with Gasteiger partial charge in [-0.05, 0) is 35.7 Å². The highest BCUT2D eigenvalue weighted by atomic mass is 35.5. The Bertz CT molecular complexity index is 812. The fraction of sp³-hybridized carbons (Fsp3) is 0.300. The van der Waals surface area contributed by atoms with E-state index in [1.54, 1.807) is 25.2 Å². The first kappa shape index (κ1) is 21.2. The lowest BCUT2D eigenvalue weighted by Crippen LogP contribution is -3.11. The first-order chi connectivity index (χ1) is 12.9. The minimum absolute atomic E-state index is 0.123. The molecule has 0 saturated heterocycles. The van der Waals surface area contributed by atoms with E-state index in [1.165, 1.54) is 0 Å². The molecule has 0 radical (unpaired) electrons. The molecule has 0 aliphatic rings. The third-order valence-corrected chi connectivity index (χ3v) is 4.68. The third-order valence-electron chi connectivity index (χ3n) is 4.09. The van der Waals surface area contributed by atoms with Crippen molar-refractivity contribution in [2.45, 2.75) is 19.9 Å². The Kier molecular flexibility index (Phi) is 8.10. The molecule has 0 heterocycles. The van der Waals surface area contributed by atoms with Crippen molar-refractivity contribution in [1.82, 2.24) is 5.32 Å². The van der Waals surface area contributed by atoms with Crippen LogP contribution in [-0.2, 0) is 22.6 Å². The summed E-state index contributed by atoms with van der Waals surface area (Å²) in [5, 5.41) is 6.79. The fourth-order valence-electron chi connectivity index (χ4n) is 2.68. The van der Waals surface area contributed by atoms with Crippen LogP contribution in [0.15, 0.2) is 42.5 Å². The lowest BCUT2D eigenvalue weighted by Gasteiger charge is -2.15. The van der Waals surface area contributed by atoms with Crippen LogP contribution in [0.5, 0.6) is 0 Å². The van der Waals surface area contributed by atoms with Gasteiger partial charge in [-0.15, -0.1) is 0 Å². The highest BCUT2D eigenvalue weighted by Crippen LogP contribution is 2.20. The molecule has 0 aliphatic heterocycles. The van der Waals surface area contributed by atoms with Gasteiger partial charge in [-0.1, -0.05) is 54.4 Å². The van der Waals surface area contributed by atoms with Crippen molar-refractivity contribution >= 4 is 40.7 Å². The van der Waals surface area contributed by atoms with Crippen molar-refractivity contribution in [3.63, 3.8) is 0 Å². The van der Waals surface area contributed by atoms with Crippen LogP contribution in [0.2, 0.25) is 10.0 Å².